The summed E-state index contributed by atoms with van der Waals surface area (Å²) in [5, 5.41) is 12.4. The van der Waals surface area contributed by atoms with Crippen molar-refractivity contribution in [3.8, 4) is 0 Å². The number of ether oxygens (including phenoxy) is 2. The molecule has 2 fully saturated rings. The number of aliphatic carboxylic acids is 1. The van der Waals surface area contributed by atoms with Crippen LogP contribution in [0.1, 0.15) is 46.5 Å². The van der Waals surface area contributed by atoms with Crippen LogP contribution in [-0.4, -0.2) is 41.5 Å². The Kier molecular flexibility index (Phi) is 3.71. The Hall–Kier alpha value is -1.30. The van der Waals surface area contributed by atoms with Crippen molar-refractivity contribution in [2.45, 2.75) is 57.6 Å². The first-order valence-corrected chi connectivity index (χ1v) is 7.03. The van der Waals surface area contributed by atoms with E-state index in [0.29, 0.717) is 25.9 Å². The lowest BCUT2D eigenvalue weighted by atomic mass is 9.56. The quantitative estimate of drug-likeness (QED) is 0.827. The molecule has 0 aromatic heterocycles. The number of carboxylic acids is 1. The molecule has 1 aliphatic heterocycles. The third-order valence-corrected chi connectivity index (χ3v) is 4.29. The molecule has 6 nitrogen and oxygen atoms in total. The van der Waals surface area contributed by atoms with Gasteiger partial charge in [-0.25, -0.2) is 4.79 Å². The van der Waals surface area contributed by atoms with Crippen LogP contribution < -0.4 is 5.32 Å². The van der Waals surface area contributed by atoms with Gasteiger partial charge in [-0.15, -0.1) is 0 Å². The van der Waals surface area contributed by atoms with Crippen LogP contribution in [0, 0.1) is 5.41 Å². The van der Waals surface area contributed by atoms with E-state index in [9.17, 15) is 14.7 Å². The highest BCUT2D eigenvalue weighted by atomic mass is 16.6. The average Bonchev–Trinajstić information content (AvgIpc) is 2.60. The summed E-state index contributed by atoms with van der Waals surface area (Å²) in [4.78, 5) is 23.8. The van der Waals surface area contributed by atoms with Crippen LogP contribution in [0.15, 0.2) is 0 Å². The van der Waals surface area contributed by atoms with Gasteiger partial charge in [0, 0.05) is 6.61 Å². The molecule has 2 N–H and O–H groups in total. The summed E-state index contributed by atoms with van der Waals surface area (Å²) in [5.41, 5.74) is -2.37. The minimum atomic E-state index is -0.916. The maximum atomic E-state index is 12.0. The van der Waals surface area contributed by atoms with Gasteiger partial charge in [0.05, 0.1) is 17.6 Å². The SMILES string of the molecule is CC(C)(C)OC(=O)NC1(C2(C(=O)O)CCC2)CCOC1. The molecule has 1 amide bonds. The fourth-order valence-electron chi connectivity index (χ4n) is 3.09. The van der Waals surface area contributed by atoms with Gasteiger partial charge in [0.1, 0.15) is 5.60 Å². The van der Waals surface area contributed by atoms with Crippen LogP contribution in [0.2, 0.25) is 0 Å². The number of alkyl carbamates (subject to hydrolysis) is 1. The Morgan fingerprint density at radius 1 is 1.25 bits per heavy atom. The van der Waals surface area contributed by atoms with Crippen LogP contribution in [-0.2, 0) is 14.3 Å². The van der Waals surface area contributed by atoms with Gasteiger partial charge in [0.25, 0.3) is 0 Å². The lowest BCUT2D eigenvalue weighted by molar-refractivity contribution is -0.163. The Labute approximate surface area is 118 Å². The van der Waals surface area contributed by atoms with Crippen LogP contribution in [0.5, 0.6) is 0 Å². The second kappa shape index (κ2) is 4.91. The first-order chi connectivity index (χ1) is 9.21. The van der Waals surface area contributed by atoms with Gasteiger partial charge in [-0.2, -0.15) is 0 Å². The van der Waals surface area contributed by atoms with E-state index in [4.69, 9.17) is 9.47 Å². The van der Waals surface area contributed by atoms with Crippen molar-refractivity contribution in [1.29, 1.82) is 0 Å². The Bertz CT molecular complexity index is 402. The second-order valence-corrected chi connectivity index (χ2v) is 6.75. The fraction of sp³-hybridized carbons (Fsp3) is 0.857. The Morgan fingerprint density at radius 3 is 2.25 bits per heavy atom. The number of amides is 1. The zero-order valence-corrected chi connectivity index (χ0v) is 12.3. The summed E-state index contributed by atoms with van der Waals surface area (Å²) in [6.45, 7) is 6.03. The first kappa shape index (κ1) is 15.1. The lowest BCUT2D eigenvalue weighted by Gasteiger charge is -2.50. The van der Waals surface area contributed by atoms with E-state index >= 15 is 0 Å². The number of carboxylic acid groups (broad SMARTS) is 1. The lowest BCUT2D eigenvalue weighted by Crippen LogP contribution is -2.66. The average molecular weight is 285 g/mol. The van der Waals surface area contributed by atoms with E-state index in [2.05, 4.69) is 5.32 Å². The van der Waals surface area contributed by atoms with Gasteiger partial charge in [-0.3, -0.25) is 4.79 Å². The van der Waals surface area contributed by atoms with E-state index in [0.717, 1.165) is 6.42 Å². The smallest absolute Gasteiger partial charge is 0.408 e. The van der Waals surface area contributed by atoms with E-state index < -0.39 is 28.6 Å². The molecule has 0 aromatic rings. The number of carbonyl (C=O) groups excluding carboxylic acids is 1. The molecule has 0 radical (unpaired) electrons. The topological polar surface area (TPSA) is 84.9 Å². The van der Waals surface area contributed by atoms with Gasteiger partial charge in [-0.1, -0.05) is 6.42 Å². The molecule has 1 atom stereocenters. The van der Waals surface area contributed by atoms with E-state index in [1.807, 2.05) is 0 Å². The van der Waals surface area contributed by atoms with E-state index in [-0.39, 0.29) is 6.61 Å². The van der Waals surface area contributed by atoms with Crippen molar-refractivity contribution in [3.05, 3.63) is 0 Å². The van der Waals surface area contributed by atoms with Crippen LogP contribution in [0.4, 0.5) is 4.79 Å². The number of rotatable bonds is 3. The fourth-order valence-corrected chi connectivity index (χ4v) is 3.09. The molecule has 1 saturated carbocycles. The zero-order chi connectivity index (χ0) is 15.0. The minimum absolute atomic E-state index is 0.235. The molecule has 2 rings (SSSR count). The summed E-state index contributed by atoms with van der Waals surface area (Å²) >= 11 is 0. The summed E-state index contributed by atoms with van der Waals surface area (Å²) in [7, 11) is 0. The molecule has 0 aromatic carbocycles. The number of hydrogen-bond acceptors (Lipinski definition) is 4. The standard InChI is InChI=1S/C14H23NO5/c1-12(2,3)20-11(18)15-14(7-8-19-9-14)13(10(16)17)5-4-6-13/h4-9H2,1-3H3,(H,15,18)(H,16,17). The van der Waals surface area contributed by atoms with Gasteiger partial charge in [0.2, 0.25) is 0 Å². The number of hydrogen-bond donors (Lipinski definition) is 2. The number of nitrogens with one attached hydrogen (secondary N) is 1. The summed E-state index contributed by atoms with van der Waals surface area (Å²) in [5.74, 6) is -0.856. The molecule has 6 heteroatoms. The van der Waals surface area contributed by atoms with Crippen molar-refractivity contribution in [1.82, 2.24) is 5.32 Å². The third-order valence-electron chi connectivity index (χ3n) is 4.29. The van der Waals surface area contributed by atoms with Gasteiger partial charge >= 0.3 is 12.1 Å². The molecular weight excluding hydrogens is 262 g/mol. The Morgan fingerprint density at radius 2 is 1.90 bits per heavy atom. The zero-order valence-electron chi connectivity index (χ0n) is 12.3. The molecule has 20 heavy (non-hydrogen) atoms. The maximum absolute atomic E-state index is 12.0. The van der Waals surface area contributed by atoms with Crippen molar-refractivity contribution >= 4 is 12.1 Å². The van der Waals surface area contributed by atoms with Gasteiger partial charge in [0.15, 0.2) is 0 Å². The maximum Gasteiger partial charge on any atom is 0.408 e. The molecule has 0 spiro atoms. The molecule has 1 unspecified atom stereocenters. The molecule has 1 aliphatic carbocycles. The molecule has 2 aliphatic rings. The van der Waals surface area contributed by atoms with Crippen LogP contribution in [0.3, 0.4) is 0 Å². The highest BCUT2D eigenvalue weighted by Crippen LogP contribution is 2.52. The normalized spacial score (nSPS) is 28.6. The molecule has 1 saturated heterocycles. The molecule has 1 heterocycles. The number of carbonyl (C=O) groups is 2. The van der Waals surface area contributed by atoms with Crippen LogP contribution >= 0.6 is 0 Å². The summed E-state index contributed by atoms with van der Waals surface area (Å²) in [6.07, 6.45) is 1.95. The van der Waals surface area contributed by atoms with Crippen molar-refractivity contribution in [2.24, 2.45) is 5.41 Å². The second-order valence-electron chi connectivity index (χ2n) is 6.75. The largest absolute Gasteiger partial charge is 0.481 e. The predicted molar refractivity (Wildman–Crippen MR) is 71.5 cm³/mol. The monoisotopic (exact) mass is 285 g/mol. The van der Waals surface area contributed by atoms with Crippen LogP contribution in [0.25, 0.3) is 0 Å². The van der Waals surface area contributed by atoms with Gasteiger partial charge in [-0.05, 0) is 40.0 Å². The summed E-state index contributed by atoms with van der Waals surface area (Å²) < 4.78 is 10.7. The third kappa shape index (κ3) is 2.49. The van der Waals surface area contributed by atoms with E-state index in [1.54, 1.807) is 20.8 Å². The molecule has 0 bridgehead atoms. The Balaban J connectivity index is 2.18. The molecular formula is C14H23NO5. The van der Waals surface area contributed by atoms with E-state index in [1.165, 1.54) is 0 Å². The highest BCUT2D eigenvalue weighted by Gasteiger charge is 2.62. The summed E-state index contributed by atoms with van der Waals surface area (Å²) in [6, 6.07) is 0. The predicted octanol–water partition coefficient (Wildman–Crippen LogP) is 1.93. The van der Waals surface area contributed by atoms with Gasteiger partial charge < -0.3 is 19.9 Å². The highest BCUT2D eigenvalue weighted by molar-refractivity contribution is 5.80. The minimum Gasteiger partial charge on any atom is -0.481 e. The van der Waals surface area contributed by atoms with Crippen molar-refractivity contribution < 1.29 is 24.2 Å². The van der Waals surface area contributed by atoms with Crippen molar-refractivity contribution in [2.75, 3.05) is 13.2 Å². The first-order valence-electron chi connectivity index (χ1n) is 7.03. The molecule has 114 valence electrons. The van der Waals surface area contributed by atoms with Crippen molar-refractivity contribution in [3.63, 3.8) is 0 Å².